The van der Waals surface area contributed by atoms with Crippen molar-refractivity contribution in [1.29, 1.82) is 0 Å². The lowest BCUT2D eigenvalue weighted by atomic mass is 10.2. The quantitative estimate of drug-likeness (QED) is 0.0733. The molecule has 0 bridgehead atoms. The molecule has 6 rings (SSSR count). The molecule has 2 heterocycles. The monoisotopic (exact) mass is 964 g/mol. The maximum atomic E-state index is 14.4. The summed E-state index contributed by atoms with van der Waals surface area (Å²) in [5.74, 6) is -2.00. The van der Waals surface area contributed by atoms with E-state index in [1.807, 2.05) is 0 Å². The molecule has 0 unspecified atom stereocenters. The molecule has 0 aliphatic heterocycles. The van der Waals surface area contributed by atoms with E-state index in [9.17, 15) is 54.3 Å². The molecule has 0 aliphatic carbocycles. The number of pyridine rings is 2. The number of hydrogen-bond donors (Lipinski definition) is 6. The van der Waals surface area contributed by atoms with Gasteiger partial charge in [-0.1, -0.05) is 23.2 Å². The minimum Gasteiger partial charge on any atom is -0.457 e. The third-order valence-corrected chi connectivity index (χ3v) is 8.95. The van der Waals surface area contributed by atoms with E-state index in [0.29, 0.717) is 12.1 Å². The number of nitrogens with one attached hydrogen (secondary N) is 6. The standard InChI is InChI=1S/2C21H15ClF4N4O3/c2*1-27-19(31)18-10-13(6-7-28-18)33-12-3-5-17(16(23)9-12)30-20(32)29-11-2-4-15(22)14(8-11)21(24,25)26/h2*2-10H,1H3,(H,27,31)(H2,29,30,32). The van der Waals surface area contributed by atoms with Crippen LogP contribution in [0, 0.1) is 11.6 Å². The molecule has 66 heavy (non-hydrogen) atoms. The van der Waals surface area contributed by atoms with Gasteiger partial charge in [-0.2, -0.15) is 26.3 Å². The molecule has 0 radical (unpaired) electrons. The van der Waals surface area contributed by atoms with Crippen molar-refractivity contribution in [2.24, 2.45) is 0 Å². The second-order valence-corrected chi connectivity index (χ2v) is 13.8. The van der Waals surface area contributed by atoms with Crippen LogP contribution in [0.25, 0.3) is 0 Å². The van der Waals surface area contributed by atoms with E-state index in [4.69, 9.17) is 32.7 Å². The van der Waals surface area contributed by atoms with Crippen LogP contribution in [0.15, 0.2) is 109 Å². The number of benzene rings is 4. The van der Waals surface area contributed by atoms with Crippen LogP contribution < -0.4 is 41.4 Å². The molecule has 6 N–H and O–H groups in total. The summed E-state index contributed by atoms with van der Waals surface area (Å²) in [6.45, 7) is 0. The van der Waals surface area contributed by atoms with Gasteiger partial charge in [-0.3, -0.25) is 19.6 Å². The number of carbonyl (C=O) groups is 4. The molecule has 0 atom stereocenters. The van der Waals surface area contributed by atoms with E-state index >= 15 is 0 Å². The Morgan fingerprint density at radius 2 is 0.864 bits per heavy atom. The molecule has 0 fully saturated rings. The van der Waals surface area contributed by atoms with Crippen LogP contribution in [0.5, 0.6) is 23.0 Å². The highest BCUT2D eigenvalue weighted by molar-refractivity contribution is 6.32. The van der Waals surface area contributed by atoms with Gasteiger partial charge in [-0.05, 0) is 72.8 Å². The summed E-state index contributed by atoms with van der Waals surface area (Å²) in [7, 11) is 2.88. The number of aromatic nitrogens is 2. The molecule has 6 amide bonds. The van der Waals surface area contributed by atoms with Crippen molar-refractivity contribution in [2.75, 3.05) is 35.4 Å². The van der Waals surface area contributed by atoms with Crippen molar-refractivity contribution < 1.29 is 63.8 Å². The first-order valence-corrected chi connectivity index (χ1v) is 19.1. The third kappa shape index (κ3) is 13.6. The van der Waals surface area contributed by atoms with Crippen LogP contribution in [0.4, 0.5) is 67.5 Å². The van der Waals surface area contributed by atoms with E-state index in [2.05, 4.69) is 41.9 Å². The Balaban J connectivity index is 0.000000247. The Hall–Kier alpha value is -7.72. The molecule has 24 heteroatoms. The van der Waals surface area contributed by atoms with Crippen molar-refractivity contribution >= 4 is 69.8 Å². The van der Waals surface area contributed by atoms with Crippen molar-refractivity contribution in [3.8, 4) is 23.0 Å². The number of rotatable bonds is 10. The molecule has 14 nitrogen and oxygen atoms in total. The van der Waals surface area contributed by atoms with Gasteiger partial charge < -0.3 is 41.4 Å². The van der Waals surface area contributed by atoms with E-state index in [-0.39, 0.29) is 57.1 Å². The topological polar surface area (TPSA) is 185 Å². The van der Waals surface area contributed by atoms with Crippen LogP contribution in [-0.4, -0.2) is 47.9 Å². The fraction of sp³-hybridized carbons (Fsp3) is 0.0952. The maximum absolute atomic E-state index is 14.4. The van der Waals surface area contributed by atoms with Gasteiger partial charge in [0.15, 0.2) is 0 Å². The van der Waals surface area contributed by atoms with Gasteiger partial charge in [0.05, 0.1) is 32.5 Å². The van der Waals surface area contributed by atoms with Gasteiger partial charge in [-0.25, -0.2) is 18.4 Å². The third-order valence-electron chi connectivity index (χ3n) is 8.29. The SMILES string of the molecule is CNC(=O)c1cc(Oc2ccc(NC(=O)Nc3ccc(Cl)c(C(F)(F)F)c3)c(F)c2)ccn1.CNC(=O)c1cc(Oc2ccc(NC(=O)Nc3ccc(Cl)c(C(F)(F)F)c3)c(F)c2)ccn1. The molecule has 2 aromatic heterocycles. The average molecular weight is 966 g/mol. The molecule has 4 aromatic carbocycles. The number of carbonyl (C=O) groups excluding carboxylic acids is 4. The summed E-state index contributed by atoms with van der Waals surface area (Å²) in [6, 6.07) is 16.4. The highest BCUT2D eigenvalue weighted by Crippen LogP contribution is 2.38. The highest BCUT2D eigenvalue weighted by atomic mass is 35.5. The van der Waals surface area contributed by atoms with Crippen LogP contribution in [-0.2, 0) is 12.4 Å². The first-order chi connectivity index (χ1) is 31.1. The Morgan fingerprint density at radius 1 is 0.500 bits per heavy atom. The first kappa shape index (κ1) is 49.3. The van der Waals surface area contributed by atoms with E-state index in [0.717, 1.165) is 24.3 Å². The number of halogens is 10. The van der Waals surface area contributed by atoms with Gasteiger partial charge in [-0.15, -0.1) is 0 Å². The van der Waals surface area contributed by atoms with E-state index in [1.165, 1.54) is 87.2 Å². The van der Waals surface area contributed by atoms with Gasteiger partial charge in [0.25, 0.3) is 11.8 Å². The van der Waals surface area contributed by atoms with Gasteiger partial charge in [0.2, 0.25) is 0 Å². The maximum Gasteiger partial charge on any atom is 0.417 e. The number of alkyl halides is 6. The predicted octanol–water partition coefficient (Wildman–Crippen LogP) is 11.4. The Bertz CT molecular complexity index is 2600. The van der Waals surface area contributed by atoms with Crippen LogP contribution >= 0.6 is 23.2 Å². The Morgan fingerprint density at radius 3 is 1.20 bits per heavy atom. The van der Waals surface area contributed by atoms with Crippen LogP contribution in [0.1, 0.15) is 32.1 Å². The summed E-state index contributed by atoms with van der Waals surface area (Å²) < 4.78 is 117. The normalized spacial score (nSPS) is 11.0. The largest absolute Gasteiger partial charge is 0.457 e. The lowest BCUT2D eigenvalue weighted by Crippen LogP contribution is -2.20. The number of amides is 6. The molecular formula is C42H30Cl2F8N8O6. The summed E-state index contributed by atoms with van der Waals surface area (Å²) in [6.07, 6.45) is -6.72. The first-order valence-electron chi connectivity index (χ1n) is 18.3. The highest BCUT2D eigenvalue weighted by Gasteiger charge is 2.34. The summed E-state index contributed by atoms with van der Waals surface area (Å²) in [5.41, 5.74) is -2.90. The molecular weight excluding hydrogens is 935 g/mol. The molecule has 6 aromatic rings. The predicted molar refractivity (Wildman–Crippen MR) is 226 cm³/mol. The zero-order valence-corrected chi connectivity index (χ0v) is 35.0. The molecule has 0 spiro atoms. The smallest absolute Gasteiger partial charge is 0.417 e. The fourth-order valence-corrected chi connectivity index (χ4v) is 5.71. The Labute approximate surface area is 377 Å². The zero-order chi connectivity index (χ0) is 48.3. The van der Waals surface area contributed by atoms with Gasteiger partial charge >= 0.3 is 24.4 Å². The van der Waals surface area contributed by atoms with Crippen molar-refractivity contribution in [1.82, 2.24) is 20.6 Å². The lowest BCUT2D eigenvalue weighted by Gasteiger charge is -2.13. The zero-order valence-electron chi connectivity index (χ0n) is 33.5. The average Bonchev–Trinajstić information content (AvgIpc) is 3.26. The molecule has 0 aliphatic rings. The van der Waals surface area contributed by atoms with Gasteiger partial charge in [0.1, 0.15) is 46.0 Å². The Kier molecular flexibility index (Phi) is 15.9. The van der Waals surface area contributed by atoms with Gasteiger partial charge in [0, 0.05) is 62.1 Å². The second-order valence-electron chi connectivity index (χ2n) is 12.9. The molecule has 344 valence electrons. The minimum atomic E-state index is -4.71. The summed E-state index contributed by atoms with van der Waals surface area (Å²) >= 11 is 11.1. The summed E-state index contributed by atoms with van der Waals surface area (Å²) in [4.78, 5) is 55.3. The molecule has 0 saturated carbocycles. The molecule has 0 saturated heterocycles. The minimum absolute atomic E-state index is 0.0695. The number of ether oxygens (including phenoxy) is 2. The van der Waals surface area contributed by atoms with E-state index in [1.54, 1.807) is 0 Å². The number of urea groups is 2. The number of anilines is 4. The van der Waals surface area contributed by atoms with E-state index < -0.39 is 69.0 Å². The van der Waals surface area contributed by atoms with Crippen LogP contribution in [0.3, 0.4) is 0 Å². The fourth-order valence-electron chi connectivity index (χ4n) is 5.26. The second kappa shape index (κ2) is 21.3. The number of nitrogens with zero attached hydrogens (tertiary/aromatic N) is 2. The van der Waals surface area contributed by atoms with Crippen LogP contribution in [0.2, 0.25) is 10.0 Å². The summed E-state index contributed by atoms with van der Waals surface area (Å²) in [5, 5.41) is 12.5. The van der Waals surface area contributed by atoms with Crippen molar-refractivity contribution in [2.45, 2.75) is 12.4 Å². The van der Waals surface area contributed by atoms with Crippen molar-refractivity contribution in [3.63, 3.8) is 0 Å². The van der Waals surface area contributed by atoms with Crippen molar-refractivity contribution in [3.05, 3.63) is 154 Å². The number of hydrogen-bond acceptors (Lipinski definition) is 8. The lowest BCUT2D eigenvalue weighted by molar-refractivity contribution is -0.138.